The standard InChI is InChI=1S/C16H30N2O3/c1-11(2)10-13(18-15(20)21-16(3,4)5)14(19)17-9-8-12-6-7-12/h11-13H,6-10H2,1-5H3,(H,17,19)(H,18,20). The second-order valence-corrected chi connectivity index (χ2v) is 7.35. The lowest BCUT2D eigenvalue weighted by Crippen LogP contribution is -2.49. The number of hydrogen-bond acceptors (Lipinski definition) is 3. The van der Waals surface area contributed by atoms with Crippen LogP contribution in [0.4, 0.5) is 4.79 Å². The van der Waals surface area contributed by atoms with E-state index >= 15 is 0 Å². The molecular formula is C16H30N2O3. The second kappa shape index (κ2) is 7.66. The Hall–Kier alpha value is -1.26. The number of carbonyl (C=O) groups excluding carboxylic acids is 2. The van der Waals surface area contributed by atoms with Crippen molar-refractivity contribution in [2.24, 2.45) is 11.8 Å². The van der Waals surface area contributed by atoms with Gasteiger partial charge in [-0.3, -0.25) is 4.79 Å². The summed E-state index contributed by atoms with van der Waals surface area (Å²) >= 11 is 0. The molecule has 0 saturated heterocycles. The first kappa shape index (κ1) is 17.8. The topological polar surface area (TPSA) is 67.4 Å². The number of nitrogens with one attached hydrogen (secondary N) is 2. The molecule has 122 valence electrons. The summed E-state index contributed by atoms with van der Waals surface area (Å²) in [4.78, 5) is 24.0. The minimum Gasteiger partial charge on any atom is -0.444 e. The second-order valence-electron chi connectivity index (χ2n) is 7.35. The summed E-state index contributed by atoms with van der Waals surface area (Å²) in [6.45, 7) is 10.2. The van der Waals surface area contributed by atoms with Crippen LogP contribution in [0.25, 0.3) is 0 Å². The van der Waals surface area contributed by atoms with E-state index in [1.807, 2.05) is 13.8 Å². The third-order valence-corrected chi connectivity index (χ3v) is 3.26. The fraction of sp³-hybridized carbons (Fsp3) is 0.875. The summed E-state index contributed by atoms with van der Waals surface area (Å²) < 4.78 is 5.22. The molecule has 5 heteroatoms. The summed E-state index contributed by atoms with van der Waals surface area (Å²) in [7, 11) is 0. The predicted molar refractivity (Wildman–Crippen MR) is 83.0 cm³/mol. The van der Waals surface area contributed by atoms with Gasteiger partial charge in [0.1, 0.15) is 11.6 Å². The molecule has 1 fully saturated rings. The monoisotopic (exact) mass is 298 g/mol. The van der Waals surface area contributed by atoms with E-state index < -0.39 is 17.7 Å². The van der Waals surface area contributed by atoms with Gasteiger partial charge in [0, 0.05) is 6.54 Å². The van der Waals surface area contributed by atoms with Crippen LogP contribution in [0, 0.1) is 11.8 Å². The molecule has 1 aliphatic rings. The number of rotatable bonds is 7. The van der Waals surface area contributed by atoms with Gasteiger partial charge >= 0.3 is 6.09 Å². The van der Waals surface area contributed by atoms with E-state index in [0.29, 0.717) is 18.9 Å². The van der Waals surface area contributed by atoms with Crippen molar-refractivity contribution >= 4 is 12.0 Å². The van der Waals surface area contributed by atoms with E-state index in [0.717, 1.165) is 12.3 Å². The first-order chi connectivity index (χ1) is 9.67. The minimum atomic E-state index is -0.561. The Morgan fingerprint density at radius 1 is 1.24 bits per heavy atom. The lowest BCUT2D eigenvalue weighted by molar-refractivity contribution is -0.123. The number of amides is 2. The van der Waals surface area contributed by atoms with E-state index in [4.69, 9.17) is 4.74 Å². The van der Waals surface area contributed by atoms with Crippen molar-refractivity contribution in [2.75, 3.05) is 6.54 Å². The molecule has 0 bridgehead atoms. The Labute approximate surface area is 128 Å². The van der Waals surface area contributed by atoms with Crippen LogP contribution in [0.3, 0.4) is 0 Å². The van der Waals surface area contributed by atoms with Crippen molar-refractivity contribution in [1.29, 1.82) is 0 Å². The molecule has 0 spiro atoms. The highest BCUT2D eigenvalue weighted by Crippen LogP contribution is 2.31. The third kappa shape index (κ3) is 8.58. The van der Waals surface area contributed by atoms with Crippen LogP contribution in [-0.4, -0.2) is 30.2 Å². The van der Waals surface area contributed by atoms with Gasteiger partial charge in [-0.2, -0.15) is 0 Å². The van der Waals surface area contributed by atoms with Crippen LogP contribution in [0.5, 0.6) is 0 Å². The van der Waals surface area contributed by atoms with Gasteiger partial charge in [-0.25, -0.2) is 4.79 Å². The smallest absolute Gasteiger partial charge is 0.408 e. The van der Waals surface area contributed by atoms with Gasteiger partial charge in [0.05, 0.1) is 0 Å². The van der Waals surface area contributed by atoms with Crippen molar-refractivity contribution in [3.63, 3.8) is 0 Å². The van der Waals surface area contributed by atoms with Crippen molar-refractivity contribution in [2.45, 2.75) is 71.9 Å². The molecule has 5 nitrogen and oxygen atoms in total. The minimum absolute atomic E-state index is 0.116. The van der Waals surface area contributed by atoms with Crippen LogP contribution >= 0.6 is 0 Å². The summed E-state index contributed by atoms with van der Waals surface area (Å²) in [5.74, 6) is 0.988. The fourth-order valence-corrected chi connectivity index (χ4v) is 2.08. The van der Waals surface area contributed by atoms with Crippen LogP contribution in [0.15, 0.2) is 0 Å². The summed E-state index contributed by atoms with van der Waals surface area (Å²) in [6, 6.07) is -0.529. The first-order valence-electron chi connectivity index (χ1n) is 7.94. The van der Waals surface area contributed by atoms with Crippen molar-refractivity contribution < 1.29 is 14.3 Å². The average molecular weight is 298 g/mol. The van der Waals surface area contributed by atoms with Gasteiger partial charge in [0.2, 0.25) is 5.91 Å². The number of carbonyl (C=O) groups is 2. The van der Waals surface area contributed by atoms with Gasteiger partial charge in [-0.1, -0.05) is 26.7 Å². The number of ether oxygens (including phenoxy) is 1. The largest absolute Gasteiger partial charge is 0.444 e. The molecule has 21 heavy (non-hydrogen) atoms. The van der Waals surface area contributed by atoms with Crippen LogP contribution < -0.4 is 10.6 Å². The van der Waals surface area contributed by atoms with E-state index in [1.165, 1.54) is 12.8 Å². The number of hydrogen-bond donors (Lipinski definition) is 2. The maximum atomic E-state index is 12.2. The zero-order valence-corrected chi connectivity index (χ0v) is 14.0. The highest BCUT2D eigenvalue weighted by atomic mass is 16.6. The Morgan fingerprint density at radius 2 is 1.86 bits per heavy atom. The molecule has 0 aromatic heterocycles. The molecule has 1 rings (SSSR count). The van der Waals surface area contributed by atoms with E-state index in [2.05, 4.69) is 10.6 Å². The van der Waals surface area contributed by atoms with Crippen LogP contribution in [0.2, 0.25) is 0 Å². The molecule has 1 aliphatic carbocycles. The van der Waals surface area contributed by atoms with Crippen LogP contribution in [-0.2, 0) is 9.53 Å². The molecule has 0 aromatic carbocycles. The Balaban J connectivity index is 2.44. The molecule has 1 saturated carbocycles. The van der Waals surface area contributed by atoms with Gasteiger partial charge < -0.3 is 15.4 Å². The van der Waals surface area contributed by atoms with Gasteiger partial charge in [-0.05, 0) is 45.4 Å². The molecule has 2 N–H and O–H groups in total. The SMILES string of the molecule is CC(C)CC(NC(=O)OC(C)(C)C)C(=O)NCCC1CC1. The normalized spacial score (nSPS) is 16.5. The van der Waals surface area contributed by atoms with Crippen LogP contribution in [0.1, 0.15) is 60.3 Å². The lowest BCUT2D eigenvalue weighted by atomic mass is 10.0. The van der Waals surface area contributed by atoms with E-state index in [9.17, 15) is 9.59 Å². The molecular weight excluding hydrogens is 268 g/mol. The zero-order chi connectivity index (χ0) is 16.0. The van der Waals surface area contributed by atoms with Crippen molar-refractivity contribution in [1.82, 2.24) is 10.6 Å². The first-order valence-corrected chi connectivity index (χ1v) is 7.94. The molecule has 1 unspecified atom stereocenters. The van der Waals surface area contributed by atoms with Gasteiger partial charge in [0.25, 0.3) is 0 Å². The molecule has 0 heterocycles. The average Bonchev–Trinajstić information content (AvgIpc) is 3.08. The van der Waals surface area contributed by atoms with Crippen molar-refractivity contribution in [3.8, 4) is 0 Å². The summed E-state index contributed by atoms with van der Waals surface area (Å²) in [5, 5.41) is 5.60. The zero-order valence-electron chi connectivity index (χ0n) is 14.0. The Morgan fingerprint density at radius 3 is 2.33 bits per heavy atom. The summed E-state index contributed by atoms with van der Waals surface area (Å²) in [6.07, 6.45) is 3.66. The molecule has 0 radical (unpaired) electrons. The lowest BCUT2D eigenvalue weighted by Gasteiger charge is -2.24. The quantitative estimate of drug-likeness (QED) is 0.759. The van der Waals surface area contributed by atoms with E-state index in [-0.39, 0.29) is 5.91 Å². The Bertz CT molecular complexity index is 357. The maximum absolute atomic E-state index is 12.2. The summed E-state index contributed by atoms with van der Waals surface area (Å²) in [5.41, 5.74) is -0.561. The maximum Gasteiger partial charge on any atom is 0.408 e. The highest BCUT2D eigenvalue weighted by Gasteiger charge is 2.26. The highest BCUT2D eigenvalue weighted by molar-refractivity contribution is 5.85. The van der Waals surface area contributed by atoms with Gasteiger partial charge in [-0.15, -0.1) is 0 Å². The van der Waals surface area contributed by atoms with Crippen molar-refractivity contribution in [3.05, 3.63) is 0 Å². The van der Waals surface area contributed by atoms with Gasteiger partial charge in [0.15, 0.2) is 0 Å². The van der Waals surface area contributed by atoms with E-state index in [1.54, 1.807) is 20.8 Å². The molecule has 2 amide bonds. The molecule has 0 aliphatic heterocycles. The Kier molecular flexibility index (Phi) is 6.49. The predicted octanol–water partition coefficient (Wildman–Crippen LogP) is 2.84. The molecule has 1 atom stereocenters. The molecule has 0 aromatic rings. The third-order valence-electron chi connectivity index (χ3n) is 3.26. The number of alkyl carbamates (subject to hydrolysis) is 1. The fourth-order valence-electron chi connectivity index (χ4n) is 2.08.